The number of halogens is 1. The lowest BCUT2D eigenvalue weighted by atomic mass is 10.2. The number of urea groups is 1. The maximum Gasteiger partial charge on any atom is 0.325 e. The van der Waals surface area contributed by atoms with Crippen LogP contribution in [-0.4, -0.2) is 23.3 Å². The normalized spacial score (nSPS) is 10.3. The molecule has 0 aliphatic carbocycles. The highest BCUT2D eigenvalue weighted by molar-refractivity contribution is 7.15. The van der Waals surface area contributed by atoms with Gasteiger partial charge in [0.15, 0.2) is 5.01 Å². The van der Waals surface area contributed by atoms with Crippen LogP contribution in [0, 0.1) is 6.92 Å². The van der Waals surface area contributed by atoms with Crippen LogP contribution in [-0.2, 0) is 6.61 Å². The highest BCUT2D eigenvalue weighted by Gasteiger charge is 2.09. The highest BCUT2D eigenvalue weighted by Crippen LogP contribution is 2.23. The van der Waals surface area contributed by atoms with Crippen molar-refractivity contribution in [2.45, 2.75) is 13.5 Å². The summed E-state index contributed by atoms with van der Waals surface area (Å²) < 4.78 is 10.7. The van der Waals surface area contributed by atoms with Gasteiger partial charge >= 0.3 is 6.03 Å². The van der Waals surface area contributed by atoms with E-state index in [1.54, 1.807) is 43.5 Å². The molecule has 9 heteroatoms. The fourth-order valence-corrected chi connectivity index (χ4v) is 2.91. The van der Waals surface area contributed by atoms with Gasteiger partial charge in [0.1, 0.15) is 18.1 Å². The van der Waals surface area contributed by atoms with Gasteiger partial charge in [0, 0.05) is 10.7 Å². The number of nitrogens with zero attached hydrogens (tertiary/aromatic N) is 2. The van der Waals surface area contributed by atoms with E-state index in [2.05, 4.69) is 20.8 Å². The number of hydrogen-bond acceptors (Lipinski definition) is 6. The van der Waals surface area contributed by atoms with Crippen molar-refractivity contribution in [1.82, 2.24) is 10.2 Å². The summed E-state index contributed by atoms with van der Waals surface area (Å²) in [6, 6.07) is 12.0. The summed E-state index contributed by atoms with van der Waals surface area (Å²) in [4.78, 5) is 12.0. The van der Waals surface area contributed by atoms with Crippen molar-refractivity contribution in [1.29, 1.82) is 0 Å². The molecule has 27 heavy (non-hydrogen) atoms. The maximum absolute atomic E-state index is 12.0. The molecule has 2 amide bonds. The highest BCUT2D eigenvalue weighted by atomic mass is 35.5. The van der Waals surface area contributed by atoms with Gasteiger partial charge in [0.25, 0.3) is 0 Å². The quantitative estimate of drug-likeness (QED) is 0.620. The Morgan fingerprint density at radius 2 is 1.85 bits per heavy atom. The van der Waals surface area contributed by atoms with Crippen molar-refractivity contribution in [2.75, 3.05) is 17.7 Å². The number of ether oxygens (including phenoxy) is 2. The van der Waals surface area contributed by atoms with Crippen molar-refractivity contribution in [2.24, 2.45) is 0 Å². The second kappa shape index (κ2) is 8.70. The van der Waals surface area contributed by atoms with Gasteiger partial charge < -0.3 is 14.8 Å². The predicted octanol–water partition coefficient (Wildman–Crippen LogP) is 4.73. The van der Waals surface area contributed by atoms with Crippen LogP contribution in [0.1, 0.15) is 10.6 Å². The van der Waals surface area contributed by atoms with Crippen LogP contribution < -0.4 is 20.1 Å². The third-order valence-corrected chi connectivity index (χ3v) is 4.76. The number of carbonyl (C=O) groups is 1. The van der Waals surface area contributed by atoms with E-state index >= 15 is 0 Å². The molecule has 0 aliphatic rings. The Morgan fingerprint density at radius 3 is 2.56 bits per heavy atom. The second-order valence-electron chi connectivity index (χ2n) is 5.51. The first kappa shape index (κ1) is 18.9. The number of rotatable bonds is 6. The van der Waals surface area contributed by atoms with E-state index in [1.807, 2.05) is 13.0 Å². The van der Waals surface area contributed by atoms with Crippen LogP contribution in [0.25, 0.3) is 0 Å². The molecule has 0 radical (unpaired) electrons. The Labute approximate surface area is 165 Å². The Hall–Kier alpha value is -2.84. The van der Waals surface area contributed by atoms with E-state index in [0.717, 1.165) is 5.56 Å². The summed E-state index contributed by atoms with van der Waals surface area (Å²) in [5, 5.41) is 15.0. The smallest absolute Gasteiger partial charge is 0.325 e. The second-order valence-corrected chi connectivity index (χ2v) is 6.98. The Bertz CT molecular complexity index is 931. The summed E-state index contributed by atoms with van der Waals surface area (Å²) in [6.45, 7) is 2.16. The first-order chi connectivity index (χ1) is 13.0. The molecule has 0 saturated carbocycles. The minimum absolute atomic E-state index is 0.251. The Morgan fingerprint density at radius 1 is 1.11 bits per heavy atom. The average Bonchev–Trinajstić information content (AvgIpc) is 3.10. The van der Waals surface area contributed by atoms with Crippen LogP contribution in [0.2, 0.25) is 5.02 Å². The van der Waals surface area contributed by atoms with Gasteiger partial charge in [-0.3, -0.25) is 5.32 Å². The van der Waals surface area contributed by atoms with Crippen molar-refractivity contribution < 1.29 is 14.3 Å². The molecule has 3 rings (SSSR count). The molecule has 0 bridgehead atoms. The summed E-state index contributed by atoms with van der Waals surface area (Å²) in [7, 11) is 1.58. The fraction of sp³-hybridized carbons (Fsp3) is 0.167. The van der Waals surface area contributed by atoms with E-state index in [0.29, 0.717) is 32.3 Å². The van der Waals surface area contributed by atoms with Crippen LogP contribution in [0.3, 0.4) is 0 Å². The molecular formula is C18H17ClN4O3S. The van der Waals surface area contributed by atoms with Gasteiger partial charge in [0.05, 0.1) is 7.11 Å². The molecular weight excluding hydrogens is 388 g/mol. The number of benzene rings is 2. The number of carbonyl (C=O) groups excluding carboxylic acids is 1. The third kappa shape index (κ3) is 5.32. The lowest BCUT2D eigenvalue weighted by Gasteiger charge is -2.06. The van der Waals surface area contributed by atoms with E-state index < -0.39 is 6.03 Å². The van der Waals surface area contributed by atoms with Gasteiger partial charge in [-0.25, -0.2) is 4.79 Å². The minimum atomic E-state index is -0.405. The van der Waals surface area contributed by atoms with E-state index in [4.69, 9.17) is 21.1 Å². The first-order valence-corrected chi connectivity index (χ1v) is 9.16. The Kier molecular flexibility index (Phi) is 6.10. The largest absolute Gasteiger partial charge is 0.497 e. The van der Waals surface area contributed by atoms with E-state index in [9.17, 15) is 4.79 Å². The standard InChI is InChI=1S/C18H17ClN4O3S/c1-11-9-14(7-8-15(11)19)26-10-16-22-23-18(27-16)21-17(24)20-12-3-5-13(25-2)6-4-12/h3-9H,10H2,1-2H3,(H2,20,21,23,24). The zero-order valence-corrected chi connectivity index (χ0v) is 16.2. The minimum Gasteiger partial charge on any atom is -0.497 e. The van der Waals surface area contributed by atoms with Gasteiger partial charge in [-0.05, 0) is 55.0 Å². The first-order valence-electron chi connectivity index (χ1n) is 7.97. The number of aromatic nitrogens is 2. The van der Waals surface area contributed by atoms with Gasteiger partial charge in [-0.2, -0.15) is 0 Å². The van der Waals surface area contributed by atoms with Crippen molar-refractivity contribution in [3.05, 3.63) is 58.1 Å². The number of anilines is 2. The molecule has 0 saturated heterocycles. The van der Waals surface area contributed by atoms with Crippen LogP contribution >= 0.6 is 22.9 Å². The number of hydrogen-bond donors (Lipinski definition) is 2. The topological polar surface area (TPSA) is 85.4 Å². The summed E-state index contributed by atoms with van der Waals surface area (Å²) in [5.74, 6) is 1.41. The van der Waals surface area contributed by atoms with Crippen molar-refractivity contribution >= 4 is 39.8 Å². The summed E-state index contributed by atoms with van der Waals surface area (Å²) >= 11 is 7.23. The van der Waals surface area contributed by atoms with Crippen LogP contribution in [0.4, 0.5) is 15.6 Å². The van der Waals surface area contributed by atoms with Gasteiger partial charge in [-0.1, -0.05) is 22.9 Å². The number of methoxy groups -OCH3 is 1. The van der Waals surface area contributed by atoms with Gasteiger partial charge in [0.2, 0.25) is 5.13 Å². The molecule has 3 aromatic rings. The maximum atomic E-state index is 12.0. The molecule has 0 aliphatic heterocycles. The Balaban J connectivity index is 1.52. The molecule has 0 unspecified atom stereocenters. The number of nitrogens with one attached hydrogen (secondary N) is 2. The molecule has 2 aromatic carbocycles. The lowest BCUT2D eigenvalue weighted by molar-refractivity contribution is 0.262. The predicted molar refractivity (Wildman–Crippen MR) is 106 cm³/mol. The molecule has 1 heterocycles. The fourth-order valence-electron chi connectivity index (χ4n) is 2.15. The van der Waals surface area contributed by atoms with Gasteiger partial charge in [-0.15, -0.1) is 10.2 Å². The SMILES string of the molecule is COc1ccc(NC(=O)Nc2nnc(COc3ccc(Cl)c(C)c3)s2)cc1. The molecule has 7 nitrogen and oxygen atoms in total. The monoisotopic (exact) mass is 404 g/mol. The summed E-state index contributed by atoms with van der Waals surface area (Å²) in [6.07, 6.45) is 0. The zero-order chi connectivity index (χ0) is 19.2. The van der Waals surface area contributed by atoms with E-state index in [1.165, 1.54) is 11.3 Å². The number of amides is 2. The molecule has 140 valence electrons. The van der Waals surface area contributed by atoms with Crippen molar-refractivity contribution in [3.8, 4) is 11.5 Å². The molecule has 0 spiro atoms. The third-order valence-electron chi connectivity index (χ3n) is 3.53. The van der Waals surface area contributed by atoms with Crippen LogP contribution in [0.15, 0.2) is 42.5 Å². The van der Waals surface area contributed by atoms with E-state index in [-0.39, 0.29) is 6.61 Å². The molecule has 0 atom stereocenters. The molecule has 1 aromatic heterocycles. The summed E-state index contributed by atoms with van der Waals surface area (Å²) in [5.41, 5.74) is 1.57. The zero-order valence-electron chi connectivity index (χ0n) is 14.7. The van der Waals surface area contributed by atoms with Crippen molar-refractivity contribution in [3.63, 3.8) is 0 Å². The lowest BCUT2D eigenvalue weighted by Crippen LogP contribution is -2.19. The van der Waals surface area contributed by atoms with Crippen LogP contribution in [0.5, 0.6) is 11.5 Å². The average molecular weight is 405 g/mol. The molecule has 2 N–H and O–H groups in total. The number of aryl methyl sites for hydroxylation is 1. The molecule has 0 fully saturated rings.